The molecular weight excluding hydrogens is 155 g/mol. The van der Waals surface area contributed by atoms with Crippen LogP contribution >= 0.6 is 0 Å². The van der Waals surface area contributed by atoms with E-state index in [9.17, 15) is 0 Å². The molecule has 0 fully saturated rings. The molecule has 0 aliphatic rings. The largest absolute Gasteiger partial charge is 0.316 e. The Bertz CT molecular complexity index is 8.00. The van der Waals surface area contributed by atoms with Crippen LogP contribution in [-0.4, -0.2) is 31.5 Å². The van der Waals surface area contributed by atoms with Gasteiger partial charge in [-0.2, -0.15) is 0 Å². The summed E-state index contributed by atoms with van der Waals surface area (Å²) in [6.45, 7) is 0. The summed E-state index contributed by atoms with van der Waals surface area (Å²) in [6.07, 6.45) is 0. The van der Waals surface area contributed by atoms with Crippen LogP contribution < -0.4 is 0 Å². The Hall–Kier alpha value is 1.97. The van der Waals surface area contributed by atoms with Crippen LogP contribution in [-0.2, 0) is 36.5 Å². The molecule has 0 unspecified atom stereocenters. The van der Waals surface area contributed by atoms with Gasteiger partial charge in [-0.3, -0.25) is 0 Å². The van der Waals surface area contributed by atoms with Crippen LogP contribution in [0.2, 0.25) is 0 Å². The van der Waals surface area contributed by atoms with Crippen LogP contribution in [0.1, 0.15) is 0 Å². The van der Waals surface area contributed by atoms with E-state index in [1.165, 1.54) is 0 Å². The van der Waals surface area contributed by atoms with Crippen molar-refractivity contribution in [3.63, 3.8) is 0 Å². The molecule has 0 N–H and O–H groups in total. The molecule has 0 rings (SSSR count). The van der Waals surface area contributed by atoms with Crippen LogP contribution in [0.15, 0.2) is 0 Å². The molecule has 0 aromatic rings. The summed E-state index contributed by atoms with van der Waals surface area (Å²) in [5.41, 5.74) is 0. The van der Waals surface area contributed by atoms with Gasteiger partial charge in [-0.15, -0.1) is 0 Å². The maximum Gasteiger partial charge on any atom is 0.316 e. The van der Waals surface area contributed by atoms with E-state index in [0.717, 1.165) is 0 Å². The Labute approximate surface area is 67.4 Å². The Morgan fingerprint density at radius 2 is 1.00 bits per heavy atom. The summed E-state index contributed by atoms with van der Waals surface area (Å²) in [6, 6.07) is 0. The van der Waals surface area contributed by atoms with Gasteiger partial charge in [-0.05, 0) is 0 Å². The molecule has 0 aliphatic carbocycles. The molecule has 0 aromatic carbocycles. The van der Waals surface area contributed by atoms with Gasteiger partial charge < -0.3 is 0 Å². The zero-order valence-electron chi connectivity index (χ0n) is 1.09. The summed E-state index contributed by atoms with van der Waals surface area (Å²) < 4.78 is 0. The predicted molar refractivity (Wildman–Crippen MR) is 18.5 cm³/mol. The van der Waals surface area contributed by atoms with Gasteiger partial charge in [0, 0.05) is 36.5 Å². The third kappa shape index (κ3) is 9.02. The fourth-order valence-corrected chi connectivity index (χ4v) is 0. The predicted octanol–water partition coefficient (Wildman–Crippen LogP) is -2.11. The molecule has 0 aromatic heterocycles. The third-order valence-electron chi connectivity index (χ3n) is 0. The smallest absolute Gasteiger partial charge is 0 e. The second-order valence-electron chi connectivity index (χ2n) is 0. The summed E-state index contributed by atoms with van der Waals surface area (Å²) >= 11 is 0. The molecular formula is H5BMgMnZn. The van der Waals surface area contributed by atoms with Crippen LogP contribution in [0.3, 0.4) is 0 Å². The maximum atomic E-state index is 0. The quantitative estimate of drug-likeness (QED) is 0.356. The average molecular weight is 160 g/mol. The molecule has 4 heteroatoms. The van der Waals surface area contributed by atoms with Crippen LogP contribution in [0, 0.1) is 0 Å². The maximum absolute atomic E-state index is 0. The molecule has 0 atom stereocenters. The summed E-state index contributed by atoms with van der Waals surface area (Å²) in [5.74, 6) is 0. The number of hydrogen-bond acceptors (Lipinski definition) is 0. The molecule has 0 nitrogen and oxygen atoms in total. The SMILES string of the molecule is B.[MgH2].[Mn].[Zn]. The summed E-state index contributed by atoms with van der Waals surface area (Å²) in [5, 5.41) is 0. The summed E-state index contributed by atoms with van der Waals surface area (Å²) in [4.78, 5) is 0. The van der Waals surface area contributed by atoms with Crippen molar-refractivity contribution in [3.05, 3.63) is 0 Å². The first kappa shape index (κ1) is 37.9. The normalized spacial score (nSPS) is 0. The van der Waals surface area contributed by atoms with E-state index in [0.29, 0.717) is 0 Å². The van der Waals surface area contributed by atoms with Gasteiger partial charge in [0.05, 0.1) is 8.41 Å². The fraction of sp³-hybridized carbons (Fsp3) is 0. The number of rotatable bonds is 0. The fourth-order valence-electron chi connectivity index (χ4n) is 0. The first-order valence-electron chi connectivity index (χ1n) is 0. The zero-order valence-corrected chi connectivity index (χ0v) is 5.23. The van der Waals surface area contributed by atoms with Gasteiger partial charge >= 0.3 is 23.1 Å². The molecule has 1 radical (unpaired) electrons. The van der Waals surface area contributed by atoms with E-state index in [-0.39, 0.29) is 68.0 Å². The van der Waals surface area contributed by atoms with Gasteiger partial charge in [-0.1, -0.05) is 0 Å². The second kappa shape index (κ2) is 20.2. The molecule has 4 heavy (non-hydrogen) atoms. The van der Waals surface area contributed by atoms with Crippen molar-refractivity contribution in [3.8, 4) is 0 Å². The van der Waals surface area contributed by atoms with E-state index in [4.69, 9.17) is 0 Å². The first-order valence-corrected chi connectivity index (χ1v) is 0. The Morgan fingerprint density at radius 1 is 1.00 bits per heavy atom. The minimum Gasteiger partial charge on any atom is 0 e. The standard InChI is InChI=1S/BH3.Mg.Mn.Zn.2H/h1H3;;;;;. The van der Waals surface area contributed by atoms with E-state index in [1.54, 1.807) is 0 Å². The topological polar surface area (TPSA) is 0 Å². The van der Waals surface area contributed by atoms with Crippen LogP contribution in [0.5, 0.6) is 0 Å². The first-order chi connectivity index (χ1) is 0. The zero-order chi connectivity index (χ0) is 0. The monoisotopic (exact) mass is 159 g/mol. The van der Waals surface area contributed by atoms with Crippen molar-refractivity contribution >= 4 is 31.5 Å². The molecule has 0 bridgehead atoms. The van der Waals surface area contributed by atoms with Gasteiger partial charge in [0.1, 0.15) is 0 Å². The molecule has 0 spiro atoms. The van der Waals surface area contributed by atoms with Crippen molar-refractivity contribution in [2.45, 2.75) is 0 Å². The Balaban J connectivity index is 0. The van der Waals surface area contributed by atoms with Crippen molar-refractivity contribution in [2.24, 2.45) is 0 Å². The number of hydrogen-bond donors (Lipinski definition) is 0. The van der Waals surface area contributed by atoms with Crippen LogP contribution in [0.4, 0.5) is 0 Å². The summed E-state index contributed by atoms with van der Waals surface area (Å²) in [7, 11) is 0. The van der Waals surface area contributed by atoms with Gasteiger partial charge in [0.2, 0.25) is 0 Å². The van der Waals surface area contributed by atoms with Crippen molar-refractivity contribution in [2.75, 3.05) is 0 Å². The van der Waals surface area contributed by atoms with Gasteiger partial charge in [0.25, 0.3) is 0 Å². The van der Waals surface area contributed by atoms with E-state index < -0.39 is 0 Å². The van der Waals surface area contributed by atoms with E-state index >= 15 is 0 Å². The van der Waals surface area contributed by atoms with E-state index in [2.05, 4.69) is 0 Å². The molecule has 0 aliphatic heterocycles. The minimum absolute atomic E-state index is 0. The minimum atomic E-state index is 0. The average Bonchev–Trinajstić information content (AvgIpc) is 0. The Morgan fingerprint density at radius 3 is 1.00 bits per heavy atom. The Kier molecular flexibility index (Phi) is 191. The van der Waals surface area contributed by atoms with Crippen molar-refractivity contribution in [1.29, 1.82) is 0 Å². The molecule has 0 saturated carbocycles. The van der Waals surface area contributed by atoms with E-state index in [1.807, 2.05) is 0 Å². The van der Waals surface area contributed by atoms with Crippen LogP contribution in [0.25, 0.3) is 0 Å². The van der Waals surface area contributed by atoms with Crippen molar-refractivity contribution in [1.82, 2.24) is 0 Å². The second-order valence-corrected chi connectivity index (χ2v) is 0. The third-order valence-corrected chi connectivity index (χ3v) is 0. The molecule has 19 valence electrons. The van der Waals surface area contributed by atoms with Crippen molar-refractivity contribution < 1.29 is 36.5 Å². The molecule has 0 amide bonds. The van der Waals surface area contributed by atoms with Gasteiger partial charge in [-0.25, -0.2) is 0 Å². The molecule has 0 heterocycles. The molecule has 0 saturated heterocycles. The van der Waals surface area contributed by atoms with Gasteiger partial charge in [0.15, 0.2) is 0 Å².